The quantitative estimate of drug-likeness (QED) is 0.691. The van der Waals surface area contributed by atoms with Crippen molar-refractivity contribution in [3.05, 3.63) is 34.3 Å². The van der Waals surface area contributed by atoms with E-state index in [2.05, 4.69) is 11.8 Å². The zero-order chi connectivity index (χ0) is 21.5. The van der Waals surface area contributed by atoms with Crippen LogP contribution >= 0.6 is 0 Å². The zero-order valence-electron chi connectivity index (χ0n) is 17.5. The number of hydrogen-bond donors (Lipinski definition) is 0. The van der Waals surface area contributed by atoms with Crippen LogP contribution in [0.3, 0.4) is 0 Å². The Balaban J connectivity index is 1.49. The number of aromatic nitrogens is 1. The number of nitrogens with zero attached hydrogens (tertiary/aromatic N) is 2. The average Bonchev–Trinajstić information content (AvgIpc) is 3.04. The smallest absolute Gasteiger partial charge is 0.408 e. The summed E-state index contributed by atoms with van der Waals surface area (Å²) in [7, 11) is 0. The first kappa shape index (κ1) is 21.4. The zero-order valence-corrected chi connectivity index (χ0v) is 17.5. The number of oxazole rings is 1. The van der Waals surface area contributed by atoms with E-state index in [0.29, 0.717) is 6.10 Å². The Morgan fingerprint density at radius 2 is 1.83 bits per heavy atom. The third-order valence-corrected chi connectivity index (χ3v) is 6.94. The van der Waals surface area contributed by atoms with Crippen molar-refractivity contribution in [1.82, 2.24) is 9.47 Å². The van der Waals surface area contributed by atoms with Gasteiger partial charge < -0.3 is 9.15 Å². The molecule has 2 fully saturated rings. The summed E-state index contributed by atoms with van der Waals surface area (Å²) in [5.74, 6) is -0.578. The number of hydrogen-bond acceptors (Lipinski definition) is 4. The lowest BCUT2D eigenvalue weighted by molar-refractivity contribution is -0.137. The van der Waals surface area contributed by atoms with Gasteiger partial charge >= 0.3 is 11.9 Å². The second-order valence-corrected chi connectivity index (χ2v) is 8.79. The lowest BCUT2D eigenvalue weighted by Gasteiger charge is -2.48. The maximum Gasteiger partial charge on any atom is 0.420 e. The van der Waals surface area contributed by atoms with E-state index in [1.165, 1.54) is 10.6 Å². The van der Waals surface area contributed by atoms with Gasteiger partial charge in [0.25, 0.3) is 0 Å². The van der Waals surface area contributed by atoms with Gasteiger partial charge in [-0.05, 0) is 70.6 Å². The Bertz CT molecular complexity index is 933. The third kappa shape index (κ3) is 4.04. The van der Waals surface area contributed by atoms with Gasteiger partial charge in [-0.2, -0.15) is 13.2 Å². The molecule has 2 aromatic rings. The molecule has 0 amide bonds. The number of benzene rings is 1. The highest BCUT2D eigenvalue weighted by atomic mass is 19.4. The molecule has 1 aliphatic heterocycles. The molecule has 0 bridgehead atoms. The summed E-state index contributed by atoms with van der Waals surface area (Å²) in [5.41, 5.74) is -0.209. The molecule has 2 aliphatic rings. The van der Waals surface area contributed by atoms with Gasteiger partial charge in [0.05, 0.1) is 17.2 Å². The Morgan fingerprint density at radius 3 is 2.43 bits per heavy atom. The van der Waals surface area contributed by atoms with Crippen LogP contribution in [0.5, 0.6) is 0 Å². The SMILES string of the molecule is CCO[C@H]1CC[C@](C)(N2CCC(n3c(=O)oc4ccc(C(F)(F)F)cc43)CC2)CC1. The van der Waals surface area contributed by atoms with Crippen molar-refractivity contribution in [3.63, 3.8) is 0 Å². The molecule has 0 radical (unpaired) electrons. The van der Waals surface area contributed by atoms with Crippen LogP contribution in [0.25, 0.3) is 11.1 Å². The van der Waals surface area contributed by atoms with Crippen molar-refractivity contribution >= 4 is 11.1 Å². The highest BCUT2D eigenvalue weighted by Gasteiger charge is 2.39. The Kier molecular flexibility index (Phi) is 5.74. The van der Waals surface area contributed by atoms with Crippen LogP contribution in [-0.2, 0) is 10.9 Å². The van der Waals surface area contributed by atoms with Crippen molar-refractivity contribution in [3.8, 4) is 0 Å². The number of ether oxygens (including phenoxy) is 1. The van der Waals surface area contributed by atoms with Crippen molar-refractivity contribution in [1.29, 1.82) is 0 Å². The normalized spacial score (nSPS) is 27.0. The lowest BCUT2D eigenvalue weighted by atomic mass is 9.79. The van der Waals surface area contributed by atoms with Crippen LogP contribution in [0.2, 0.25) is 0 Å². The molecule has 2 heterocycles. The molecule has 4 rings (SSSR count). The predicted molar refractivity (Wildman–Crippen MR) is 108 cm³/mol. The number of alkyl halides is 3. The number of piperidine rings is 1. The number of likely N-dealkylation sites (tertiary alicyclic amines) is 1. The van der Waals surface area contributed by atoms with Crippen LogP contribution in [0, 0.1) is 0 Å². The molecular weight excluding hydrogens is 397 g/mol. The van der Waals surface area contributed by atoms with E-state index in [1.807, 2.05) is 6.92 Å². The number of fused-ring (bicyclic) bond motifs is 1. The summed E-state index contributed by atoms with van der Waals surface area (Å²) < 4.78 is 51.8. The molecule has 5 nitrogen and oxygen atoms in total. The average molecular weight is 426 g/mol. The maximum atomic E-state index is 13.1. The fourth-order valence-electron chi connectivity index (χ4n) is 5.15. The van der Waals surface area contributed by atoms with Gasteiger partial charge in [0.2, 0.25) is 0 Å². The standard InChI is InChI=1S/C22H29F3N2O3/c1-3-29-17-6-10-21(2,11-7-17)26-12-8-16(9-13-26)27-18-14-15(22(23,24)25)4-5-19(18)30-20(27)28/h4-5,14,16-17H,3,6-13H2,1-2H3/t17-,21-. The van der Waals surface area contributed by atoms with Gasteiger partial charge in [0.1, 0.15) is 0 Å². The number of rotatable bonds is 4. The van der Waals surface area contributed by atoms with E-state index in [4.69, 9.17) is 9.15 Å². The van der Waals surface area contributed by atoms with Crippen molar-refractivity contribution in [2.24, 2.45) is 0 Å². The summed E-state index contributed by atoms with van der Waals surface area (Å²) in [6.45, 7) is 6.70. The molecule has 30 heavy (non-hydrogen) atoms. The molecule has 166 valence electrons. The molecular formula is C22H29F3N2O3. The summed E-state index contributed by atoms with van der Waals surface area (Å²) in [6, 6.07) is 3.07. The first-order valence-corrected chi connectivity index (χ1v) is 10.8. The summed E-state index contributed by atoms with van der Waals surface area (Å²) >= 11 is 0. The minimum atomic E-state index is -4.45. The summed E-state index contributed by atoms with van der Waals surface area (Å²) in [5, 5.41) is 0. The molecule has 1 aromatic heterocycles. The van der Waals surface area contributed by atoms with Crippen molar-refractivity contribution < 1.29 is 22.3 Å². The van der Waals surface area contributed by atoms with Gasteiger partial charge in [-0.25, -0.2) is 4.79 Å². The van der Waals surface area contributed by atoms with Crippen molar-refractivity contribution in [2.45, 2.75) is 76.2 Å². The second-order valence-electron chi connectivity index (χ2n) is 8.79. The van der Waals surface area contributed by atoms with Crippen LogP contribution in [0.1, 0.15) is 64.0 Å². The van der Waals surface area contributed by atoms with Gasteiger partial charge in [-0.15, -0.1) is 0 Å². The highest BCUT2D eigenvalue weighted by Crippen LogP contribution is 2.38. The van der Waals surface area contributed by atoms with Gasteiger partial charge in [0, 0.05) is 31.3 Å². The van der Waals surface area contributed by atoms with Crippen LogP contribution in [0.15, 0.2) is 27.4 Å². The maximum absolute atomic E-state index is 13.1. The van der Waals surface area contributed by atoms with Gasteiger partial charge in [-0.1, -0.05) is 0 Å². The monoisotopic (exact) mass is 426 g/mol. The summed E-state index contributed by atoms with van der Waals surface area (Å²) in [6.07, 6.45) is 1.58. The third-order valence-electron chi connectivity index (χ3n) is 6.94. The van der Waals surface area contributed by atoms with Crippen LogP contribution in [0.4, 0.5) is 13.2 Å². The van der Waals surface area contributed by atoms with Crippen LogP contribution < -0.4 is 5.76 Å². The Hall–Kier alpha value is -1.80. The lowest BCUT2D eigenvalue weighted by Crippen LogP contribution is -2.52. The van der Waals surface area contributed by atoms with Crippen LogP contribution in [-0.4, -0.2) is 40.8 Å². The predicted octanol–water partition coefficient (Wildman–Crippen LogP) is 4.99. The first-order chi connectivity index (χ1) is 14.2. The Morgan fingerprint density at radius 1 is 1.17 bits per heavy atom. The molecule has 1 saturated carbocycles. The first-order valence-electron chi connectivity index (χ1n) is 10.8. The van der Waals surface area contributed by atoms with E-state index in [9.17, 15) is 18.0 Å². The van der Waals surface area contributed by atoms with Gasteiger partial charge in [0.15, 0.2) is 5.58 Å². The highest BCUT2D eigenvalue weighted by molar-refractivity contribution is 5.74. The number of halogens is 3. The molecule has 0 N–H and O–H groups in total. The molecule has 0 atom stereocenters. The fraction of sp³-hybridized carbons (Fsp3) is 0.682. The molecule has 8 heteroatoms. The van der Waals surface area contributed by atoms with Crippen molar-refractivity contribution in [2.75, 3.05) is 19.7 Å². The van der Waals surface area contributed by atoms with E-state index < -0.39 is 17.5 Å². The topological polar surface area (TPSA) is 47.6 Å². The minimum absolute atomic E-state index is 0.117. The molecule has 1 aromatic carbocycles. The fourth-order valence-corrected chi connectivity index (χ4v) is 5.15. The summed E-state index contributed by atoms with van der Waals surface area (Å²) in [4.78, 5) is 14.9. The molecule has 1 saturated heterocycles. The second kappa shape index (κ2) is 8.04. The molecule has 0 spiro atoms. The van der Waals surface area contributed by atoms with E-state index in [-0.39, 0.29) is 22.7 Å². The van der Waals surface area contributed by atoms with E-state index in [0.717, 1.165) is 70.4 Å². The van der Waals surface area contributed by atoms with E-state index >= 15 is 0 Å². The van der Waals surface area contributed by atoms with Gasteiger partial charge in [-0.3, -0.25) is 9.47 Å². The molecule has 0 unspecified atom stereocenters. The largest absolute Gasteiger partial charge is 0.420 e. The Labute approximate surface area is 173 Å². The van der Waals surface area contributed by atoms with E-state index in [1.54, 1.807) is 0 Å². The molecule has 1 aliphatic carbocycles. The minimum Gasteiger partial charge on any atom is -0.408 e.